The molecule has 0 unspecified atom stereocenters. The van der Waals surface area contributed by atoms with Gasteiger partial charge in [-0.15, -0.1) is 11.3 Å². The molecule has 0 fully saturated rings. The number of benzene rings is 6. The highest BCUT2D eigenvalue weighted by Crippen LogP contribution is 2.42. The van der Waals surface area contributed by atoms with Crippen LogP contribution in [0.5, 0.6) is 0 Å². The number of thiophene rings is 1. The molecule has 0 aliphatic rings. The first-order chi connectivity index (χ1) is 19.8. The number of anilines is 3. The highest BCUT2D eigenvalue weighted by atomic mass is 32.1. The van der Waals surface area contributed by atoms with E-state index in [0.29, 0.717) is 0 Å². The minimum Gasteiger partial charge on any atom is -0.310 e. The van der Waals surface area contributed by atoms with Crippen molar-refractivity contribution in [2.75, 3.05) is 4.90 Å². The van der Waals surface area contributed by atoms with Crippen molar-refractivity contribution >= 4 is 70.1 Å². The standard InChI is InChI=1S/C37H24N2S/c1-2-6-25(7-3-1)26-12-15-29(16-13-26)39(31-18-19-33-35-24-38-21-20-36(35)40-37(33)23-31)30-17-14-28-11-10-27-8-4-5-9-32(27)34(28)22-30/h1-24H. The van der Waals surface area contributed by atoms with Crippen LogP contribution in [0.3, 0.4) is 0 Å². The summed E-state index contributed by atoms with van der Waals surface area (Å²) in [5, 5.41) is 7.50. The summed E-state index contributed by atoms with van der Waals surface area (Å²) < 4.78 is 2.52. The van der Waals surface area contributed by atoms with Crippen LogP contribution in [0.25, 0.3) is 52.8 Å². The van der Waals surface area contributed by atoms with E-state index in [9.17, 15) is 0 Å². The predicted molar refractivity (Wildman–Crippen MR) is 172 cm³/mol. The Bertz CT molecular complexity index is 2160. The van der Waals surface area contributed by atoms with Crippen LogP contribution >= 0.6 is 11.3 Å². The van der Waals surface area contributed by atoms with E-state index in [1.807, 2.05) is 23.7 Å². The molecule has 8 rings (SSSR count). The fourth-order valence-electron chi connectivity index (χ4n) is 5.76. The summed E-state index contributed by atoms with van der Waals surface area (Å²) >= 11 is 1.82. The molecule has 40 heavy (non-hydrogen) atoms. The molecule has 0 atom stereocenters. The van der Waals surface area contributed by atoms with Gasteiger partial charge in [0.15, 0.2) is 0 Å². The van der Waals surface area contributed by atoms with Gasteiger partial charge >= 0.3 is 0 Å². The topological polar surface area (TPSA) is 16.1 Å². The van der Waals surface area contributed by atoms with Crippen LogP contribution < -0.4 is 4.90 Å². The van der Waals surface area contributed by atoms with E-state index in [4.69, 9.17) is 0 Å². The fourth-order valence-corrected chi connectivity index (χ4v) is 6.86. The Kier molecular flexibility index (Phi) is 5.35. The lowest BCUT2D eigenvalue weighted by Gasteiger charge is -2.26. The van der Waals surface area contributed by atoms with Crippen LogP contribution in [0.2, 0.25) is 0 Å². The van der Waals surface area contributed by atoms with E-state index in [1.54, 1.807) is 0 Å². The maximum absolute atomic E-state index is 4.37. The van der Waals surface area contributed by atoms with Gasteiger partial charge in [-0.25, -0.2) is 0 Å². The third kappa shape index (κ3) is 3.83. The van der Waals surface area contributed by atoms with Crippen molar-refractivity contribution in [1.29, 1.82) is 0 Å². The molecule has 0 N–H and O–H groups in total. The molecule has 0 amide bonds. The van der Waals surface area contributed by atoms with Crippen molar-refractivity contribution in [1.82, 2.24) is 4.98 Å². The number of pyridine rings is 1. The Morgan fingerprint density at radius 3 is 2.00 bits per heavy atom. The summed E-state index contributed by atoms with van der Waals surface area (Å²) in [7, 11) is 0. The van der Waals surface area contributed by atoms with Crippen LogP contribution in [-0.4, -0.2) is 4.98 Å². The van der Waals surface area contributed by atoms with Gasteiger partial charge in [0.1, 0.15) is 0 Å². The first-order valence-corrected chi connectivity index (χ1v) is 14.3. The van der Waals surface area contributed by atoms with Gasteiger partial charge in [0.2, 0.25) is 0 Å². The largest absolute Gasteiger partial charge is 0.310 e. The number of aromatic nitrogens is 1. The number of rotatable bonds is 4. The molecule has 2 heterocycles. The second-order valence-electron chi connectivity index (χ2n) is 10.1. The number of hydrogen-bond acceptors (Lipinski definition) is 3. The van der Waals surface area contributed by atoms with Gasteiger partial charge in [-0.05, 0) is 75.1 Å². The van der Waals surface area contributed by atoms with Crippen molar-refractivity contribution < 1.29 is 0 Å². The number of nitrogens with zero attached hydrogens (tertiary/aromatic N) is 2. The van der Waals surface area contributed by atoms with Crippen molar-refractivity contribution in [3.05, 3.63) is 146 Å². The van der Waals surface area contributed by atoms with E-state index < -0.39 is 0 Å². The molecule has 2 aromatic heterocycles. The van der Waals surface area contributed by atoms with Gasteiger partial charge in [0, 0.05) is 49.6 Å². The molecule has 2 nitrogen and oxygen atoms in total. The summed E-state index contributed by atoms with van der Waals surface area (Å²) in [6, 6.07) is 48.2. The summed E-state index contributed by atoms with van der Waals surface area (Å²) in [5.41, 5.74) is 5.83. The first-order valence-electron chi connectivity index (χ1n) is 13.5. The third-order valence-corrected chi connectivity index (χ3v) is 8.87. The molecule has 0 saturated heterocycles. The first kappa shape index (κ1) is 22.9. The molecule has 0 aliphatic carbocycles. The molecule has 0 spiro atoms. The lowest BCUT2D eigenvalue weighted by molar-refractivity contribution is 1.30. The van der Waals surface area contributed by atoms with Gasteiger partial charge in [-0.1, -0.05) is 91.0 Å². The highest BCUT2D eigenvalue weighted by Gasteiger charge is 2.16. The average Bonchev–Trinajstić information content (AvgIpc) is 3.40. The molecular weight excluding hydrogens is 504 g/mol. The minimum absolute atomic E-state index is 1.13. The van der Waals surface area contributed by atoms with Crippen LogP contribution in [0.4, 0.5) is 17.1 Å². The van der Waals surface area contributed by atoms with E-state index in [1.165, 1.54) is 52.8 Å². The smallest absolute Gasteiger partial charge is 0.0476 e. The Labute approximate surface area is 236 Å². The quantitative estimate of drug-likeness (QED) is 0.211. The maximum Gasteiger partial charge on any atom is 0.0476 e. The van der Waals surface area contributed by atoms with Gasteiger partial charge < -0.3 is 4.90 Å². The fraction of sp³-hybridized carbons (Fsp3) is 0. The van der Waals surface area contributed by atoms with Crippen LogP contribution in [-0.2, 0) is 0 Å². The zero-order valence-electron chi connectivity index (χ0n) is 21.7. The van der Waals surface area contributed by atoms with Crippen LogP contribution in [0.1, 0.15) is 0 Å². The maximum atomic E-state index is 4.37. The highest BCUT2D eigenvalue weighted by molar-refractivity contribution is 7.25. The molecule has 8 aromatic rings. The van der Waals surface area contributed by atoms with Crippen molar-refractivity contribution in [3.8, 4) is 11.1 Å². The van der Waals surface area contributed by atoms with Crippen molar-refractivity contribution in [2.24, 2.45) is 0 Å². The van der Waals surface area contributed by atoms with Gasteiger partial charge in [-0.2, -0.15) is 0 Å². The normalized spacial score (nSPS) is 11.5. The predicted octanol–water partition coefficient (Wildman–Crippen LogP) is 10.9. The molecule has 0 saturated carbocycles. The summed E-state index contributed by atoms with van der Waals surface area (Å²) in [6.45, 7) is 0. The molecule has 3 heteroatoms. The molecule has 188 valence electrons. The van der Waals surface area contributed by atoms with Gasteiger partial charge in [-0.3, -0.25) is 4.98 Å². The lowest BCUT2D eigenvalue weighted by atomic mass is 10.0. The number of fused-ring (bicyclic) bond motifs is 6. The van der Waals surface area contributed by atoms with Gasteiger partial charge in [0.25, 0.3) is 0 Å². The van der Waals surface area contributed by atoms with Crippen molar-refractivity contribution in [2.45, 2.75) is 0 Å². The van der Waals surface area contributed by atoms with E-state index in [0.717, 1.165) is 17.1 Å². The Balaban J connectivity index is 1.33. The monoisotopic (exact) mass is 528 g/mol. The SMILES string of the molecule is c1ccc(-c2ccc(N(c3ccc4c(c3)sc3ccncc34)c3ccc4ccc5ccccc5c4c3)cc2)cc1. The summed E-state index contributed by atoms with van der Waals surface area (Å²) in [6.07, 6.45) is 3.85. The summed E-state index contributed by atoms with van der Waals surface area (Å²) in [4.78, 5) is 6.74. The van der Waals surface area contributed by atoms with E-state index >= 15 is 0 Å². The van der Waals surface area contributed by atoms with Crippen molar-refractivity contribution in [3.63, 3.8) is 0 Å². The zero-order chi connectivity index (χ0) is 26.5. The Hall–Kier alpha value is -4.99. The van der Waals surface area contributed by atoms with Crippen LogP contribution in [0, 0.1) is 0 Å². The van der Waals surface area contributed by atoms with Gasteiger partial charge in [0.05, 0.1) is 0 Å². The molecular formula is C37H24N2S. The number of hydrogen-bond donors (Lipinski definition) is 0. The lowest BCUT2D eigenvalue weighted by Crippen LogP contribution is -2.09. The van der Waals surface area contributed by atoms with E-state index in [2.05, 4.69) is 143 Å². The Morgan fingerprint density at radius 1 is 0.450 bits per heavy atom. The van der Waals surface area contributed by atoms with E-state index in [-0.39, 0.29) is 0 Å². The third-order valence-electron chi connectivity index (χ3n) is 7.74. The molecule has 0 aliphatic heterocycles. The summed E-state index contributed by atoms with van der Waals surface area (Å²) in [5.74, 6) is 0. The zero-order valence-corrected chi connectivity index (χ0v) is 22.5. The second kappa shape index (κ2) is 9.33. The molecule has 0 radical (unpaired) electrons. The molecule has 6 aromatic carbocycles. The molecule has 0 bridgehead atoms. The minimum atomic E-state index is 1.13. The van der Waals surface area contributed by atoms with Crippen LogP contribution in [0.15, 0.2) is 146 Å². The Morgan fingerprint density at radius 2 is 1.12 bits per heavy atom. The average molecular weight is 529 g/mol. The second-order valence-corrected chi connectivity index (χ2v) is 11.2.